The van der Waals surface area contributed by atoms with Gasteiger partial charge in [0.15, 0.2) is 11.7 Å². The van der Waals surface area contributed by atoms with Crippen LogP contribution in [-0.2, 0) is 12.7 Å². The van der Waals surface area contributed by atoms with E-state index in [-0.39, 0.29) is 6.54 Å². The Morgan fingerprint density at radius 2 is 2.12 bits per heavy atom. The lowest BCUT2D eigenvalue weighted by Gasteiger charge is -2.27. The molecule has 1 atom stereocenters. The molecule has 142 valence electrons. The number of thiazole rings is 1. The average Bonchev–Trinajstić information content (AvgIpc) is 3.22. The van der Waals surface area contributed by atoms with E-state index >= 15 is 0 Å². The molecule has 0 aliphatic carbocycles. The van der Waals surface area contributed by atoms with E-state index in [0.717, 1.165) is 61.8 Å². The Morgan fingerprint density at radius 1 is 1.40 bits per heavy atom. The maximum Gasteiger partial charge on any atom is 0.434 e. The van der Waals surface area contributed by atoms with Crippen LogP contribution in [0.4, 0.5) is 13.2 Å². The predicted octanol–water partition coefficient (Wildman–Crippen LogP) is 3.04. The van der Waals surface area contributed by atoms with Gasteiger partial charge in [-0.05, 0) is 26.4 Å². The second kappa shape index (κ2) is 8.84. The first-order valence-electron chi connectivity index (χ1n) is 8.67. The fraction of sp³-hybridized carbons (Fsp3) is 0.750. The fourth-order valence-corrected chi connectivity index (χ4v) is 3.78. The molecule has 1 aromatic rings. The van der Waals surface area contributed by atoms with Gasteiger partial charge >= 0.3 is 6.18 Å². The molecule has 9 heteroatoms. The Bertz CT molecular complexity index is 568. The van der Waals surface area contributed by atoms with E-state index in [2.05, 4.69) is 38.9 Å². The van der Waals surface area contributed by atoms with E-state index in [9.17, 15) is 13.2 Å². The summed E-state index contributed by atoms with van der Waals surface area (Å²) in [4.78, 5) is 12.8. The standard InChI is InChI=1S/C16H26F3N5S/c1-4-20-15(24-8-7-12(10-24)23(5-2)6-3)21-9-14-22-13(11-25-14)16(17,18)19/h11-12H,4-10H2,1-3H3,(H,20,21). The Balaban J connectivity index is 2.03. The van der Waals surface area contributed by atoms with Gasteiger partial charge in [-0.3, -0.25) is 4.90 Å². The van der Waals surface area contributed by atoms with Gasteiger partial charge in [0.25, 0.3) is 0 Å². The van der Waals surface area contributed by atoms with Gasteiger partial charge in [0.05, 0.1) is 6.54 Å². The number of likely N-dealkylation sites (tertiary alicyclic amines) is 1. The Hall–Kier alpha value is -1.35. The topological polar surface area (TPSA) is 43.8 Å². The molecular weight excluding hydrogens is 351 g/mol. The van der Waals surface area contributed by atoms with Crippen LogP contribution >= 0.6 is 11.3 Å². The van der Waals surface area contributed by atoms with Crippen molar-refractivity contribution in [1.29, 1.82) is 0 Å². The minimum atomic E-state index is -4.39. The number of guanidine groups is 1. The molecule has 5 nitrogen and oxygen atoms in total. The highest BCUT2D eigenvalue weighted by atomic mass is 32.1. The van der Waals surface area contributed by atoms with Crippen LogP contribution in [0.15, 0.2) is 10.4 Å². The third kappa shape index (κ3) is 5.31. The highest BCUT2D eigenvalue weighted by molar-refractivity contribution is 7.09. The summed E-state index contributed by atoms with van der Waals surface area (Å²) in [6.07, 6.45) is -3.32. The largest absolute Gasteiger partial charge is 0.434 e. The van der Waals surface area contributed by atoms with Gasteiger partial charge in [-0.2, -0.15) is 13.2 Å². The summed E-state index contributed by atoms with van der Waals surface area (Å²) in [5, 5.41) is 4.66. The molecule has 0 aromatic carbocycles. The van der Waals surface area contributed by atoms with E-state index in [1.807, 2.05) is 6.92 Å². The van der Waals surface area contributed by atoms with Crippen LogP contribution in [-0.4, -0.2) is 59.5 Å². The lowest BCUT2D eigenvalue weighted by Crippen LogP contribution is -2.43. The summed E-state index contributed by atoms with van der Waals surface area (Å²) in [5.41, 5.74) is -0.838. The molecule has 1 unspecified atom stereocenters. The SMILES string of the molecule is CCNC(=NCc1nc(C(F)(F)F)cs1)N1CCC(N(CC)CC)C1. The summed E-state index contributed by atoms with van der Waals surface area (Å²) in [6, 6.07) is 0.496. The van der Waals surface area contributed by atoms with Gasteiger partial charge in [-0.25, -0.2) is 9.98 Å². The first kappa shape index (κ1) is 20.0. The highest BCUT2D eigenvalue weighted by Gasteiger charge is 2.33. The van der Waals surface area contributed by atoms with Gasteiger partial charge < -0.3 is 10.2 Å². The first-order valence-corrected chi connectivity index (χ1v) is 9.55. The molecule has 0 saturated carbocycles. The number of hydrogen-bond acceptors (Lipinski definition) is 4. The molecule has 1 fully saturated rings. The van der Waals surface area contributed by atoms with Gasteiger partial charge in [0.2, 0.25) is 0 Å². The van der Waals surface area contributed by atoms with Crippen LogP contribution < -0.4 is 5.32 Å². The summed E-state index contributed by atoms with van der Waals surface area (Å²) in [7, 11) is 0. The van der Waals surface area contributed by atoms with Crippen molar-refractivity contribution in [1.82, 2.24) is 20.1 Å². The molecule has 2 rings (SSSR count). The second-order valence-corrected chi connectivity index (χ2v) is 6.85. The van der Waals surface area contributed by atoms with E-state index in [1.165, 1.54) is 0 Å². The second-order valence-electron chi connectivity index (χ2n) is 5.90. The third-order valence-corrected chi connectivity index (χ3v) is 5.17. The number of hydrogen-bond donors (Lipinski definition) is 1. The van der Waals surface area contributed by atoms with Gasteiger partial charge in [-0.1, -0.05) is 13.8 Å². The van der Waals surface area contributed by atoms with Crippen LogP contribution in [0.25, 0.3) is 0 Å². The zero-order valence-electron chi connectivity index (χ0n) is 14.9. The molecule has 1 aliphatic rings. The highest BCUT2D eigenvalue weighted by Crippen LogP contribution is 2.30. The number of halogens is 3. The summed E-state index contributed by atoms with van der Waals surface area (Å²) in [6.45, 7) is 11.0. The summed E-state index contributed by atoms with van der Waals surface area (Å²) >= 11 is 0.999. The number of rotatable bonds is 6. The number of alkyl halides is 3. The number of nitrogens with zero attached hydrogens (tertiary/aromatic N) is 4. The molecule has 1 saturated heterocycles. The van der Waals surface area contributed by atoms with Crippen molar-refractivity contribution in [3.63, 3.8) is 0 Å². The van der Waals surface area contributed by atoms with Crippen LogP contribution in [0.1, 0.15) is 37.9 Å². The Kier molecular flexibility index (Phi) is 7.06. The van der Waals surface area contributed by atoms with Gasteiger partial charge in [0.1, 0.15) is 5.01 Å². The molecule has 2 heterocycles. The quantitative estimate of drug-likeness (QED) is 0.611. The first-order chi connectivity index (χ1) is 11.9. The van der Waals surface area contributed by atoms with Crippen LogP contribution in [0.3, 0.4) is 0 Å². The van der Waals surface area contributed by atoms with Gasteiger partial charge in [0, 0.05) is 31.1 Å². The molecule has 1 N–H and O–H groups in total. The minimum Gasteiger partial charge on any atom is -0.357 e. The van der Waals surface area contributed by atoms with Crippen molar-refractivity contribution in [3.05, 3.63) is 16.1 Å². The summed E-state index contributed by atoms with van der Waals surface area (Å²) < 4.78 is 37.9. The molecule has 0 radical (unpaired) electrons. The van der Waals surface area contributed by atoms with E-state index in [0.29, 0.717) is 11.0 Å². The lowest BCUT2D eigenvalue weighted by molar-refractivity contribution is -0.140. The van der Waals surface area contributed by atoms with E-state index in [1.54, 1.807) is 0 Å². The van der Waals surface area contributed by atoms with Crippen molar-refractivity contribution in [2.45, 2.75) is 46.0 Å². The van der Waals surface area contributed by atoms with Crippen molar-refractivity contribution in [3.8, 4) is 0 Å². The van der Waals surface area contributed by atoms with Crippen LogP contribution in [0.5, 0.6) is 0 Å². The van der Waals surface area contributed by atoms with Crippen molar-refractivity contribution >= 4 is 17.3 Å². The smallest absolute Gasteiger partial charge is 0.357 e. The molecule has 1 aromatic heterocycles. The van der Waals surface area contributed by atoms with E-state index < -0.39 is 11.9 Å². The van der Waals surface area contributed by atoms with E-state index in [4.69, 9.17) is 0 Å². The van der Waals surface area contributed by atoms with Crippen LogP contribution in [0.2, 0.25) is 0 Å². The van der Waals surface area contributed by atoms with Crippen molar-refractivity contribution < 1.29 is 13.2 Å². The zero-order chi connectivity index (χ0) is 18.4. The monoisotopic (exact) mass is 377 g/mol. The summed E-state index contributed by atoms with van der Waals surface area (Å²) in [5.74, 6) is 0.751. The Labute approximate surface area is 150 Å². The fourth-order valence-electron chi connectivity index (χ4n) is 3.05. The van der Waals surface area contributed by atoms with Crippen LogP contribution in [0, 0.1) is 0 Å². The lowest BCUT2D eigenvalue weighted by atomic mass is 10.2. The molecule has 0 bridgehead atoms. The molecule has 0 spiro atoms. The van der Waals surface area contributed by atoms with Crippen molar-refractivity contribution in [2.24, 2.45) is 4.99 Å². The zero-order valence-corrected chi connectivity index (χ0v) is 15.8. The molecule has 1 aliphatic heterocycles. The number of aliphatic imine (C=N–C) groups is 1. The third-order valence-electron chi connectivity index (χ3n) is 4.33. The molecular formula is C16H26F3N5S. The number of likely N-dealkylation sites (N-methyl/N-ethyl adjacent to an activating group) is 1. The minimum absolute atomic E-state index is 0.162. The maximum atomic E-state index is 12.6. The number of aromatic nitrogens is 1. The normalized spacial score (nSPS) is 19.1. The average molecular weight is 377 g/mol. The predicted molar refractivity (Wildman–Crippen MR) is 94.8 cm³/mol. The number of nitrogens with one attached hydrogen (secondary N) is 1. The molecule has 25 heavy (non-hydrogen) atoms. The molecule has 0 amide bonds. The Morgan fingerprint density at radius 3 is 2.68 bits per heavy atom. The van der Waals surface area contributed by atoms with Gasteiger partial charge in [-0.15, -0.1) is 11.3 Å². The maximum absolute atomic E-state index is 12.6. The van der Waals surface area contributed by atoms with Crippen molar-refractivity contribution in [2.75, 3.05) is 32.7 Å².